The Kier molecular flexibility index (Phi) is 3.23. The lowest BCUT2D eigenvalue weighted by Crippen LogP contribution is -2.05. The molecule has 0 aliphatic heterocycles. The monoisotopic (exact) mass is 298 g/mol. The van der Waals surface area contributed by atoms with Crippen LogP contribution in [0.25, 0.3) is 5.69 Å². The molecule has 2 rings (SSSR count). The van der Waals surface area contributed by atoms with E-state index in [4.69, 9.17) is 5.11 Å². The second-order valence-corrected chi connectivity index (χ2v) is 4.25. The van der Waals surface area contributed by atoms with Crippen LogP contribution >= 0.6 is 15.9 Å². The molecule has 0 unspecified atom stereocenters. The van der Waals surface area contributed by atoms with Gasteiger partial charge in [-0.15, -0.1) is 0 Å². The van der Waals surface area contributed by atoms with Crippen LogP contribution in [-0.4, -0.2) is 20.9 Å². The Balaban J connectivity index is 2.56. The first-order valence-corrected chi connectivity index (χ1v) is 5.55. The number of carboxylic acids is 1. The first-order valence-electron chi connectivity index (χ1n) is 4.75. The van der Waals surface area contributed by atoms with Gasteiger partial charge < -0.3 is 5.11 Å². The second-order valence-electron chi connectivity index (χ2n) is 3.34. The molecule has 0 fully saturated rings. The minimum atomic E-state index is -1.18. The number of benzene rings is 1. The van der Waals surface area contributed by atoms with E-state index in [1.54, 1.807) is 18.2 Å². The molecule has 0 bridgehead atoms. The smallest absolute Gasteiger partial charge is 0.339 e. The fraction of sp³-hybridized carbons (Fsp3) is 0.0909. The van der Waals surface area contributed by atoms with Crippen molar-refractivity contribution < 1.29 is 14.3 Å². The first kappa shape index (κ1) is 11.8. The number of aromatic nitrogens is 2. The molecule has 88 valence electrons. The molecule has 4 nitrogen and oxygen atoms in total. The fourth-order valence-electron chi connectivity index (χ4n) is 1.51. The summed E-state index contributed by atoms with van der Waals surface area (Å²) in [7, 11) is 0. The number of alkyl halides is 1. The van der Waals surface area contributed by atoms with Crippen molar-refractivity contribution in [1.82, 2.24) is 9.78 Å². The SMILES string of the molecule is O=C(O)c1cnn(-c2cccc(Br)c2)c1CF. The van der Waals surface area contributed by atoms with Crippen LogP contribution in [0.4, 0.5) is 4.39 Å². The molecule has 1 aromatic heterocycles. The first-order chi connectivity index (χ1) is 8.13. The Morgan fingerprint density at radius 3 is 2.88 bits per heavy atom. The van der Waals surface area contributed by atoms with Gasteiger partial charge in [0, 0.05) is 4.47 Å². The zero-order valence-electron chi connectivity index (χ0n) is 8.60. The van der Waals surface area contributed by atoms with Crippen molar-refractivity contribution in [2.24, 2.45) is 0 Å². The van der Waals surface area contributed by atoms with Crippen molar-refractivity contribution in [3.63, 3.8) is 0 Å². The molecule has 0 radical (unpaired) electrons. The van der Waals surface area contributed by atoms with Crippen molar-refractivity contribution in [1.29, 1.82) is 0 Å². The summed E-state index contributed by atoms with van der Waals surface area (Å²) < 4.78 is 15.0. The zero-order chi connectivity index (χ0) is 12.4. The van der Waals surface area contributed by atoms with Gasteiger partial charge in [-0.1, -0.05) is 22.0 Å². The minimum absolute atomic E-state index is 0.0376. The fourth-order valence-corrected chi connectivity index (χ4v) is 1.90. The largest absolute Gasteiger partial charge is 0.478 e. The van der Waals surface area contributed by atoms with Gasteiger partial charge in [0.25, 0.3) is 0 Å². The summed E-state index contributed by atoms with van der Waals surface area (Å²) in [6.45, 7) is -0.881. The van der Waals surface area contributed by atoms with Crippen molar-refractivity contribution in [2.75, 3.05) is 0 Å². The maximum atomic E-state index is 12.9. The predicted octanol–water partition coefficient (Wildman–Crippen LogP) is 2.80. The van der Waals surface area contributed by atoms with Gasteiger partial charge >= 0.3 is 5.97 Å². The van der Waals surface area contributed by atoms with E-state index >= 15 is 0 Å². The molecule has 0 saturated carbocycles. The Morgan fingerprint density at radius 2 is 2.29 bits per heavy atom. The van der Waals surface area contributed by atoms with Crippen LogP contribution in [0.15, 0.2) is 34.9 Å². The molecule has 0 spiro atoms. The molecule has 6 heteroatoms. The molecule has 2 aromatic rings. The third-order valence-corrected chi connectivity index (χ3v) is 2.77. The standard InChI is InChI=1S/C11H8BrFN2O2/c12-7-2-1-3-8(4-7)15-10(5-13)9(6-14-15)11(16)17/h1-4,6H,5H2,(H,16,17). The van der Waals surface area contributed by atoms with Gasteiger partial charge in [0.05, 0.1) is 17.6 Å². The van der Waals surface area contributed by atoms with E-state index in [0.717, 1.165) is 10.7 Å². The van der Waals surface area contributed by atoms with Crippen LogP contribution in [-0.2, 0) is 6.67 Å². The molecule has 0 saturated heterocycles. The molecule has 1 heterocycles. The van der Waals surface area contributed by atoms with Crippen LogP contribution in [0, 0.1) is 0 Å². The molecule has 17 heavy (non-hydrogen) atoms. The number of hydrogen-bond donors (Lipinski definition) is 1. The highest BCUT2D eigenvalue weighted by atomic mass is 79.9. The molecule has 0 aliphatic rings. The summed E-state index contributed by atoms with van der Waals surface area (Å²) in [5.74, 6) is -1.18. The van der Waals surface area contributed by atoms with Gasteiger partial charge in [-0.3, -0.25) is 0 Å². The van der Waals surface area contributed by atoms with Crippen molar-refractivity contribution in [2.45, 2.75) is 6.67 Å². The van der Waals surface area contributed by atoms with Crippen molar-refractivity contribution in [3.8, 4) is 5.69 Å². The molecule has 1 N–H and O–H groups in total. The van der Waals surface area contributed by atoms with E-state index in [2.05, 4.69) is 21.0 Å². The Labute approximate surface area is 105 Å². The lowest BCUT2D eigenvalue weighted by atomic mass is 10.2. The number of rotatable bonds is 3. The van der Waals surface area contributed by atoms with Crippen LogP contribution in [0.2, 0.25) is 0 Å². The van der Waals surface area contributed by atoms with E-state index < -0.39 is 12.6 Å². The van der Waals surface area contributed by atoms with Crippen LogP contribution in [0.3, 0.4) is 0 Å². The van der Waals surface area contributed by atoms with Crippen LogP contribution in [0.1, 0.15) is 16.1 Å². The molecule has 1 aromatic carbocycles. The number of nitrogens with zero attached hydrogens (tertiary/aromatic N) is 2. The Morgan fingerprint density at radius 1 is 1.53 bits per heavy atom. The van der Waals surface area contributed by atoms with Crippen LogP contribution in [0.5, 0.6) is 0 Å². The van der Waals surface area contributed by atoms with E-state index in [9.17, 15) is 9.18 Å². The summed E-state index contributed by atoms with van der Waals surface area (Å²) >= 11 is 3.29. The van der Waals surface area contributed by atoms with Gasteiger partial charge in [-0.05, 0) is 18.2 Å². The Bertz CT molecular complexity index is 568. The lowest BCUT2D eigenvalue weighted by Gasteiger charge is -2.05. The summed E-state index contributed by atoms with van der Waals surface area (Å²) in [6, 6.07) is 7.05. The highest BCUT2D eigenvalue weighted by Crippen LogP contribution is 2.19. The number of carboxylic acid groups (broad SMARTS) is 1. The molecule has 0 aliphatic carbocycles. The van der Waals surface area contributed by atoms with Crippen molar-refractivity contribution >= 4 is 21.9 Å². The zero-order valence-corrected chi connectivity index (χ0v) is 10.2. The third kappa shape index (κ3) is 2.21. The Hall–Kier alpha value is -1.69. The number of hydrogen-bond acceptors (Lipinski definition) is 2. The van der Waals surface area contributed by atoms with Gasteiger partial charge in [-0.2, -0.15) is 5.10 Å². The van der Waals surface area contributed by atoms with Gasteiger partial charge in [0.15, 0.2) is 0 Å². The number of carbonyl (C=O) groups is 1. The van der Waals surface area contributed by atoms with Gasteiger partial charge in [0.1, 0.15) is 12.2 Å². The minimum Gasteiger partial charge on any atom is -0.478 e. The van der Waals surface area contributed by atoms with Gasteiger partial charge in [0.2, 0.25) is 0 Å². The third-order valence-electron chi connectivity index (χ3n) is 2.28. The summed E-state index contributed by atoms with van der Waals surface area (Å²) in [5, 5.41) is 12.8. The summed E-state index contributed by atoms with van der Waals surface area (Å²) in [6.07, 6.45) is 1.15. The molecular weight excluding hydrogens is 291 g/mol. The topological polar surface area (TPSA) is 55.1 Å². The van der Waals surface area contributed by atoms with Crippen molar-refractivity contribution in [3.05, 3.63) is 46.2 Å². The highest BCUT2D eigenvalue weighted by molar-refractivity contribution is 9.10. The second kappa shape index (κ2) is 4.67. The van der Waals surface area contributed by atoms with E-state index in [0.29, 0.717) is 5.69 Å². The quantitative estimate of drug-likeness (QED) is 0.948. The molecular formula is C11H8BrFN2O2. The maximum absolute atomic E-state index is 12.9. The van der Waals surface area contributed by atoms with E-state index in [1.165, 1.54) is 4.68 Å². The van der Waals surface area contributed by atoms with Crippen LogP contribution < -0.4 is 0 Å². The maximum Gasteiger partial charge on any atom is 0.339 e. The summed E-state index contributed by atoms with van der Waals surface area (Å²) in [5.41, 5.74) is 0.530. The normalized spacial score (nSPS) is 10.5. The highest BCUT2D eigenvalue weighted by Gasteiger charge is 2.17. The van der Waals surface area contributed by atoms with E-state index in [1.807, 2.05) is 6.07 Å². The number of aromatic carboxylic acids is 1. The molecule has 0 amide bonds. The average molecular weight is 299 g/mol. The average Bonchev–Trinajstić information content (AvgIpc) is 2.72. The van der Waals surface area contributed by atoms with Gasteiger partial charge in [-0.25, -0.2) is 13.9 Å². The number of halogens is 2. The van der Waals surface area contributed by atoms with E-state index in [-0.39, 0.29) is 11.3 Å². The lowest BCUT2D eigenvalue weighted by molar-refractivity contribution is 0.0694. The predicted molar refractivity (Wildman–Crippen MR) is 63.0 cm³/mol. The molecule has 0 atom stereocenters. The summed E-state index contributed by atoms with van der Waals surface area (Å²) in [4.78, 5) is 10.9.